The fraction of sp³-hybridized carbons (Fsp3) is 0.516. The van der Waals surface area contributed by atoms with Crippen LogP contribution in [0, 0.1) is 11.7 Å². The molecule has 15 heteroatoms. The summed E-state index contributed by atoms with van der Waals surface area (Å²) in [4.78, 5) is 42.6. The van der Waals surface area contributed by atoms with Gasteiger partial charge in [0.2, 0.25) is 11.8 Å². The third-order valence-electron chi connectivity index (χ3n) is 8.66. The Morgan fingerprint density at radius 1 is 0.891 bits per heavy atom. The Labute approximate surface area is 261 Å². The molecule has 4 amide bonds. The van der Waals surface area contributed by atoms with Crippen LogP contribution < -0.4 is 10.2 Å². The second kappa shape index (κ2) is 13.9. The van der Waals surface area contributed by atoms with Crippen molar-refractivity contribution < 1.29 is 49.9 Å². The van der Waals surface area contributed by atoms with E-state index in [1.165, 1.54) is 43.3 Å². The number of methoxy groups -OCH3 is 1. The molecule has 2 aromatic carbocycles. The number of benzene rings is 2. The van der Waals surface area contributed by atoms with E-state index in [-0.39, 0.29) is 49.5 Å². The van der Waals surface area contributed by atoms with Crippen molar-refractivity contribution in [2.24, 2.45) is 5.92 Å². The maximum absolute atomic E-state index is 13.8. The van der Waals surface area contributed by atoms with Crippen LogP contribution in [0.3, 0.4) is 0 Å². The molecule has 1 aliphatic carbocycles. The monoisotopic (exact) mass is 660 g/mol. The van der Waals surface area contributed by atoms with Gasteiger partial charge in [0.15, 0.2) is 0 Å². The van der Waals surface area contributed by atoms with Gasteiger partial charge in [-0.1, -0.05) is 12.1 Å². The minimum atomic E-state index is -5.10. The van der Waals surface area contributed by atoms with Crippen molar-refractivity contribution in [1.29, 1.82) is 0 Å². The zero-order valence-electron chi connectivity index (χ0n) is 25.4. The normalized spacial score (nSPS) is 22.0. The number of carbonyl (C=O) groups excluding carboxylic acids is 3. The number of hydrogen-bond acceptors (Lipinski definition) is 4. The van der Waals surface area contributed by atoms with Crippen molar-refractivity contribution in [3.05, 3.63) is 65.0 Å². The molecule has 2 atom stereocenters. The van der Waals surface area contributed by atoms with E-state index in [1.807, 2.05) is 0 Å². The predicted molar refractivity (Wildman–Crippen MR) is 153 cm³/mol. The highest BCUT2D eigenvalue weighted by Gasteiger charge is 2.43. The molecule has 0 radical (unpaired) electrons. The molecule has 252 valence electrons. The second-order valence-electron chi connectivity index (χ2n) is 11.7. The van der Waals surface area contributed by atoms with Crippen LogP contribution in [0.4, 0.5) is 41.2 Å². The summed E-state index contributed by atoms with van der Waals surface area (Å²) in [5.74, 6) is -1.80. The summed E-state index contributed by atoms with van der Waals surface area (Å²) < 4.78 is 99.5. The maximum atomic E-state index is 13.8. The number of hydrogen-bond donors (Lipinski definition) is 1. The van der Waals surface area contributed by atoms with Gasteiger partial charge in [0.25, 0.3) is 0 Å². The lowest BCUT2D eigenvalue weighted by atomic mass is 9.85. The molecule has 2 aliphatic rings. The van der Waals surface area contributed by atoms with E-state index in [2.05, 4.69) is 5.32 Å². The fourth-order valence-electron chi connectivity index (χ4n) is 6.16. The number of likely N-dealkylation sites (tertiary alicyclic amines) is 1. The predicted octanol–water partition coefficient (Wildman–Crippen LogP) is 5.67. The van der Waals surface area contributed by atoms with Gasteiger partial charge < -0.3 is 19.9 Å². The van der Waals surface area contributed by atoms with Crippen LogP contribution >= 0.6 is 0 Å². The molecule has 0 unspecified atom stereocenters. The van der Waals surface area contributed by atoms with Crippen molar-refractivity contribution in [2.75, 3.05) is 45.8 Å². The van der Waals surface area contributed by atoms with E-state index in [1.54, 1.807) is 4.90 Å². The van der Waals surface area contributed by atoms with Gasteiger partial charge in [-0.25, -0.2) is 9.18 Å². The minimum absolute atomic E-state index is 0.0163. The highest BCUT2D eigenvalue weighted by Crippen LogP contribution is 2.39. The van der Waals surface area contributed by atoms with Gasteiger partial charge in [0.1, 0.15) is 12.4 Å². The first-order valence-electron chi connectivity index (χ1n) is 14.6. The number of ether oxygens (including phenoxy) is 1. The Morgan fingerprint density at radius 2 is 1.46 bits per heavy atom. The van der Waals surface area contributed by atoms with Gasteiger partial charge >= 0.3 is 18.4 Å². The molecule has 4 rings (SSSR count). The number of urea groups is 1. The Kier molecular flexibility index (Phi) is 10.5. The third-order valence-corrected chi connectivity index (χ3v) is 8.66. The van der Waals surface area contributed by atoms with Crippen LogP contribution in [0.15, 0.2) is 42.5 Å². The number of amides is 4. The Morgan fingerprint density at radius 3 is 1.98 bits per heavy atom. The first kappa shape index (κ1) is 35.0. The second-order valence-corrected chi connectivity index (χ2v) is 11.7. The third kappa shape index (κ3) is 8.09. The zero-order chi connectivity index (χ0) is 34.0. The van der Waals surface area contributed by atoms with E-state index in [0.717, 1.165) is 7.05 Å². The van der Waals surface area contributed by atoms with Crippen LogP contribution in [-0.4, -0.2) is 80.6 Å². The van der Waals surface area contributed by atoms with Gasteiger partial charge in [0, 0.05) is 57.9 Å². The van der Waals surface area contributed by atoms with Crippen LogP contribution in [-0.2, 0) is 26.7 Å². The maximum Gasteiger partial charge on any atom is 0.416 e. The lowest BCUT2D eigenvalue weighted by Gasteiger charge is -2.33. The first-order chi connectivity index (χ1) is 21.5. The summed E-state index contributed by atoms with van der Waals surface area (Å²) in [6.07, 6.45) is -8.03. The van der Waals surface area contributed by atoms with E-state index >= 15 is 0 Å². The average molecular weight is 661 g/mol. The highest BCUT2D eigenvalue weighted by molar-refractivity contribution is 5.92. The number of alkyl halides is 6. The van der Waals surface area contributed by atoms with Crippen molar-refractivity contribution in [2.45, 2.75) is 56.0 Å². The summed E-state index contributed by atoms with van der Waals surface area (Å²) in [6.45, 7) is 0.123. The van der Waals surface area contributed by atoms with Crippen LogP contribution in [0.2, 0.25) is 0 Å². The van der Waals surface area contributed by atoms with E-state index in [4.69, 9.17) is 4.74 Å². The zero-order valence-corrected chi connectivity index (χ0v) is 25.4. The molecular formula is C31H35F7N4O4. The molecule has 1 heterocycles. The van der Waals surface area contributed by atoms with Gasteiger partial charge in [0.05, 0.1) is 17.2 Å². The van der Waals surface area contributed by atoms with Crippen LogP contribution in [0.25, 0.3) is 0 Å². The molecule has 1 N–H and O–H groups in total. The number of halogens is 7. The van der Waals surface area contributed by atoms with Crippen molar-refractivity contribution in [1.82, 2.24) is 15.1 Å². The largest absolute Gasteiger partial charge is 0.416 e. The molecule has 2 fully saturated rings. The smallest absolute Gasteiger partial charge is 0.375 e. The number of nitrogens with zero attached hydrogens (tertiary/aromatic N) is 3. The molecule has 1 aliphatic heterocycles. The quantitative estimate of drug-likeness (QED) is 0.389. The molecule has 0 spiro atoms. The summed E-state index contributed by atoms with van der Waals surface area (Å²) in [7, 11) is 3.85. The van der Waals surface area contributed by atoms with E-state index < -0.39 is 53.0 Å². The van der Waals surface area contributed by atoms with Crippen molar-refractivity contribution in [3.8, 4) is 0 Å². The highest BCUT2D eigenvalue weighted by atomic mass is 19.4. The number of nitrogens with one attached hydrogen (secondary N) is 1. The first-order valence-corrected chi connectivity index (χ1v) is 14.6. The minimum Gasteiger partial charge on any atom is -0.375 e. The number of likely N-dealkylation sites (N-methyl/N-ethyl adjacent to an activating group) is 1. The lowest BCUT2D eigenvalue weighted by molar-refractivity contribution is -0.143. The molecular weight excluding hydrogens is 625 g/mol. The Hall–Kier alpha value is -3.88. The van der Waals surface area contributed by atoms with Crippen LogP contribution in [0.1, 0.15) is 48.3 Å². The Bertz CT molecular complexity index is 1380. The molecule has 1 saturated heterocycles. The molecule has 0 bridgehead atoms. The summed E-state index contributed by atoms with van der Waals surface area (Å²) >= 11 is 0. The van der Waals surface area contributed by atoms with E-state index in [0.29, 0.717) is 48.3 Å². The average Bonchev–Trinajstić information content (AvgIpc) is 3.45. The number of rotatable bonds is 7. The summed E-state index contributed by atoms with van der Waals surface area (Å²) in [6, 6.07) is 4.67. The molecule has 2 aromatic rings. The lowest BCUT2D eigenvalue weighted by Crippen LogP contribution is -2.48. The fourth-order valence-corrected chi connectivity index (χ4v) is 6.16. The van der Waals surface area contributed by atoms with Crippen molar-refractivity contribution in [3.63, 3.8) is 0 Å². The summed E-state index contributed by atoms with van der Waals surface area (Å²) in [5, 5.41) is 2.87. The Balaban J connectivity index is 1.55. The van der Waals surface area contributed by atoms with Crippen LogP contribution in [0.5, 0.6) is 0 Å². The van der Waals surface area contributed by atoms with Gasteiger partial charge in [-0.15, -0.1) is 0 Å². The molecule has 8 nitrogen and oxygen atoms in total. The van der Waals surface area contributed by atoms with Gasteiger partial charge in [-0.2, -0.15) is 26.3 Å². The topological polar surface area (TPSA) is 82.2 Å². The molecule has 1 saturated carbocycles. The van der Waals surface area contributed by atoms with Gasteiger partial charge in [-0.05, 0) is 61.6 Å². The molecule has 0 aromatic heterocycles. The van der Waals surface area contributed by atoms with E-state index in [9.17, 15) is 45.1 Å². The standard InChI is InChI=1S/C31H35F7N4O4/c1-40(24-13-20(30(33,34)35)12-21(14-24)31(36,37)38)29(45)41(2)26-16-42(15-25(26)18-4-8-22(32)9-5-18)28(44)19-6-10-23(11-7-19)39-27(43)17-46-3/h4-5,8-9,12-14,19,23,25-26H,6-7,10-11,15-17H2,1-3H3,(H,39,43)/t19-,23-,25-,26+/m0/s1. The number of anilines is 1. The van der Waals surface area contributed by atoms with Gasteiger partial charge in [-0.3, -0.25) is 14.5 Å². The summed E-state index contributed by atoms with van der Waals surface area (Å²) in [5.41, 5.74) is -3.13. The molecule has 46 heavy (non-hydrogen) atoms. The SMILES string of the molecule is COCC(=O)N[C@H]1CC[C@H](C(=O)N2C[C@@H](N(C)C(=O)N(C)c3cc(C(F)(F)F)cc(C(F)(F)F)c3)[C@H](c3ccc(F)cc3)C2)CC1. The number of carbonyl (C=O) groups is 3. The van der Waals surface area contributed by atoms with Crippen molar-refractivity contribution >= 4 is 23.5 Å².